The van der Waals surface area contributed by atoms with Crippen molar-refractivity contribution in [2.45, 2.75) is 13.0 Å². The molecule has 136 valence electrons. The molecule has 5 rings (SSSR count). The van der Waals surface area contributed by atoms with Crippen LogP contribution in [0.2, 0.25) is 0 Å². The number of hydrogen-bond acceptors (Lipinski definition) is 5. The Balaban J connectivity index is 1.51. The highest BCUT2D eigenvalue weighted by molar-refractivity contribution is 9.10. The summed E-state index contributed by atoms with van der Waals surface area (Å²) < 4.78 is 6.04. The van der Waals surface area contributed by atoms with Gasteiger partial charge >= 0.3 is 6.09 Å². The van der Waals surface area contributed by atoms with E-state index in [0.717, 1.165) is 46.4 Å². The maximum atomic E-state index is 12.0. The highest BCUT2D eigenvalue weighted by atomic mass is 79.9. The molecule has 2 aromatic heterocycles. The van der Waals surface area contributed by atoms with E-state index in [1.54, 1.807) is 4.90 Å². The van der Waals surface area contributed by atoms with Gasteiger partial charge in [-0.05, 0) is 51.7 Å². The SMILES string of the molecule is O=C1OCCN1c1cccc2c1CCN(c1ccnc3cc(Br)cnc13)C2. The zero-order valence-electron chi connectivity index (χ0n) is 14.6. The van der Waals surface area contributed by atoms with E-state index in [0.29, 0.717) is 13.2 Å². The van der Waals surface area contributed by atoms with Crippen molar-refractivity contribution in [3.63, 3.8) is 0 Å². The molecule has 0 atom stereocenters. The molecule has 4 heterocycles. The molecule has 1 fully saturated rings. The predicted molar refractivity (Wildman–Crippen MR) is 107 cm³/mol. The Morgan fingerprint density at radius 2 is 2.04 bits per heavy atom. The molecule has 0 unspecified atom stereocenters. The van der Waals surface area contributed by atoms with E-state index in [1.807, 2.05) is 36.7 Å². The second-order valence-corrected chi connectivity index (χ2v) is 7.62. The number of pyridine rings is 2. The molecule has 2 aliphatic rings. The minimum absolute atomic E-state index is 0.249. The number of cyclic esters (lactones) is 1. The summed E-state index contributed by atoms with van der Waals surface area (Å²) in [5.74, 6) is 0. The molecule has 0 aliphatic carbocycles. The van der Waals surface area contributed by atoms with Gasteiger partial charge in [-0.25, -0.2) is 4.79 Å². The Labute approximate surface area is 164 Å². The maximum Gasteiger partial charge on any atom is 0.414 e. The van der Waals surface area contributed by atoms with Gasteiger partial charge in [-0.3, -0.25) is 14.9 Å². The fourth-order valence-electron chi connectivity index (χ4n) is 3.91. The normalized spacial score (nSPS) is 16.6. The van der Waals surface area contributed by atoms with Crippen molar-refractivity contribution in [3.05, 3.63) is 58.3 Å². The fourth-order valence-corrected chi connectivity index (χ4v) is 4.23. The second kappa shape index (κ2) is 6.49. The minimum Gasteiger partial charge on any atom is -0.447 e. The van der Waals surface area contributed by atoms with E-state index in [-0.39, 0.29) is 6.09 Å². The van der Waals surface area contributed by atoms with Crippen LogP contribution in [0.25, 0.3) is 11.0 Å². The van der Waals surface area contributed by atoms with Crippen molar-refractivity contribution in [1.29, 1.82) is 0 Å². The third-order valence-electron chi connectivity index (χ3n) is 5.16. The average Bonchev–Trinajstić information content (AvgIpc) is 3.12. The molecule has 7 heteroatoms. The minimum atomic E-state index is -0.249. The molecule has 0 bridgehead atoms. The first-order valence-electron chi connectivity index (χ1n) is 8.91. The van der Waals surface area contributed by atoms with Crippen LogP contribution in [0.3, 0.4) is 0 Å². The van der Waals surface area contributed by atoms with Gasteiger partial charge in [0.05, 0.1) is 23.4 Å². The number of rotatable bonds is 2. The van der Waals surface area contributed by atoms with Gasteiger partial charge in [0.1, 0.15) is 12.1 Å². The highest BCUT2D eigenvalue weighted by Gasteiger charge is 2.28. The molecule has 27 heavy (non-hydrogen) atoms. The zero-order valence-corrected chi connectivity index (χ0v) is 16.1. The molecule has 2 aliphatic heterocycles. The van der Waals surface area contributed by atoms with E-state index in [1.165, 1.54) is 11.1 Å². The van der Waals surface area contributed by atoms with Crippen molar-refractivity contribution in [1.82, 2.24) is 9.97 Å². The number of nitrogens with zero attached hydrogens (tertiary/aromatic N) is 4. The van der Waals surface area contributed by atoms with Crippen LogP contribution in [0.4, 0.5) is 16.2 Å². The van der Waals surface area contributed by atoms with Gasteiger partial charge in [0.25, 0.3) is 0 Å². The lowest BCUT2D eigenvalue weighted by molar-refractivity contribution is 0.181. The van der Waals surface area contributed by atoms with Crippen LogP contribution < -0.4 is 9.80 Å². The quantitative estimate of drug-likeness (QED) is 0.623. The number of halogens is 1. The van der Waals surface area contributed by atoms with Gasteiger partial charge in [-0.2, -0.15) is 0 Å². The topological polar surface area (TPSA) is 58.6 Å². The molecular formula is C20H17BrN4O2. The summed E-state index contributed by atoms with van der Waals surface area (Å²) in [6.07, 6.45) is 4.26. The van der Waals surface area contributed by atoms with Crippen LogP contribution in [0.15, 0.2) is 47.2 Å². The maximum absolute atomic E-state index is 12.0. The number of anilines is 2. The fraction of sp³-hybridized carbons (Fsp3) is 0.250. The summed E-state index contributed by atoms with van der Waals surface area (Å²) in [4.78, 5) is 25.1. The number of fused-ring (bicyclic) bond motifs is 2. The first-order valence-corrected chi connectivity index (χ1v) is 9.70. The summed E-state index contributed by atoms with van der Waals surface area (Å²) >= 11 is 3.46. The van der Waals surface area contributed by atoms with Gasteiger partial charge in [-0.15, -0.1) is 0 Å². The first kappa shape index (κ1) is 16.5. The number of benzene rings is 1. The zero-order chi connectivity index (χ0) is 18.4. The molecule has 3 aromatic rings. The van der Waals surface area contributed by atoms with E-state index in [9.17, 15) is 4.79 Å². The predicted octanol–water partition coefficient (Wildman–Crippen LogP) is 3.91. The number of aromatic nitrogens is 2. The lowest BCUT2D eigenvalue weighted by Gasteiger charge is -2.33. The monoisotopic (exact) mass is 424 g/mol. The van der Waals surface area contributed by atoms with Gasteiger partial charge in [-0.1, -0.05) is 12.1 Å². The standard InChI is InChI=1S/C20H17BrN4O2/c21-14-10-16-19(23-11-14)18(4-6-22-16)24-7-5-15-13(12-24)2-1-3-17(15)25-8-9-27-20(25)26/h1-4,6,10-11H,5,7-9,12H2. The summed E-state index contributed by atoms with van der Waals surface area (Å²) in [5, 5.41) is 0. The number of carbonyl (C=O) groups excluding carboxylic acids is 1. The van der Waals surface area contributed by atoms with Crippen LogP contribution in [0.1, 0.15) is 11.1 Å². The van der Waals surface area contributed by atoms with Crippen LogP contribution >= 0.6 is 15.9 Å². The van der Waals surface area contributed by atoms with Crippen molar-refractivity contribution in [2.24, 2.45) is 0 Å². The smallest absolute Gasteiger partial charge is 0.414 e. The Morgan fingerprint density at radius 3 is 2.89 bits per heavy atom. The Bertz CT molecular complexity index is 1060. The lowest BCUT2D eigenvalue weighted by Crippen LogP contribution is -2.33. The number of carbonyl (C=O) groups is 1. The Morgan fingerprint density at radius 1 is 1.11 bits per heavy atom. The van der Waals surface area contributed by atoms with Crippen LogP contribution in [-0.2, 0) is 17.7 Å². The van der Waals surface area contributed by atoms with Crippen LogP contribution in [0.5, 0.6) is 0 Å². The molecule has 0 spiro atoms. The first-order chi connectivity index (χ1) is 13.2. The lowest BCUT2D eigenvalue weighted by atomic mass is 9.96. The summed E-state index contributed by atoms with van der Waals surface area (Å²) in [6, 6.07) is 10.2. The summed E-state index contributed by atoms with van der Waals surface area (Å²) in [5.41, 5.74) is 6.33. The molecule has 1 aromatic carbocycles. The summed E-state index contributed by atoms with van der Waals surface area (Å²) in [6.45, 7) is 2.72. The molecule has 0 radical (unpaired) electrons. The van der Waals surface area contributed by atoms with Crippen molar-refractivity contribution < 1.29 is 9.53 Å². The van der Waals surface area contributed by atoms with E-state index < -0.39 is 0 Å². The number of ether oxygens (including phenoxy) is 1. The van der Waals surface area contributed by atoms with Crippen molar-refractivity contribution in [2.75, 3.05) is 29.5 Å². The Kier molecular flexibility index (Phi) is 3.97. The van der Waals surface area contributed by atoms with E-state index in [4.69, 9.17) is 4.74 Å². The molecule has 1 amide bonds. The van der Waals surface area contributed by atoms with Gasteiger partial charge in [0.2, 0.25) is 0 Å². The third kappa shape index (κ3) is 2.82. The molecule has 0 N–H and O–H groups in total. The van der Waals surface area contributed by atoms with Gasteiger partial charge in [0.15, 0.2) is 0 Å². The van der Waals surface area contributed by atoms with Crippen molar-refractivity contribution >= 4 is 44.4 Å². The molecular weight excluding hydrogens is 408 g/mol. The largest absolute Gasteiger partial charge is 0.447 e. The molecule has 1 saturated heterocycles. The van der Waals surface area contributed by atoms with Crippen LogP contribution in [-0.4, -0.2) is 35.8 Å². The Hall–Kier alpha value is -2.67. The second-order valence-electron chi connectivity index (χ2n) is 6.70. The molecule has 6 nitrogen and oxygen atoms in total. The highest BCUT2D eigenvalue weighted by Crippen LogP contribution is 2.34. The number of amides is 1. The van der Waals surface area contributed by atoms with Gasteiger partial charge in [0, 0.05) is 30.0 Å². The van der Waals surface area contributed by atoms with E-state index >= 15 is 0 Å². The van der Waals surface area contributed by atoms with Gasteiger partial charge < -0.3 is 9.64 Å². The average molecular weight is 425 g/mol. The van der Waals surface area contributed by atoms with Crippen LogP contribution in [0, 0.1) is 0 Å². The van der Waals surface area contributed by atoms with Crippen molar-refractivity contribution in [3.8, 4) is 0 Å². The molecule has 0 saturated carbocycles. The van der Waals surface area contributed by atoms with E-state index in [2.05, 4.69) is 36.9 Å². The summed E-state index contributed by atoms with van der Waals surface area (Å²) in [7, 11) is 0. The third-order valence-corrected chi connectivity index (χ3v) is 5.59. The number of hydrogen-bond donors (Lipinski definition) is 0.